The Morgan fingerprint density at radius 1 is 0.630 bits per heavy atom. The van der Waals surface area contributed by atoms with Crippen molar-refractivity contribution < 1.29 is 33.4 Å². The third-order valence-corrected chi connectivity index (χ3v) is 6.36. The average Bonchev–Trinajstić information content (AvgIpc) is 2.94. The predicted octanol–water partition coefficient (Wildman–Crippen LogP) is 3.84. The molecule has 2 aromatic rings. The summed E-state index contributed by atoms with van der Waals surface area (Å²) in [6, 6.07) is 15.1. The van der Waals surface area contributed by atoms with E-state index in [0.29, 0.717) is 6.42 Å². The number of hydrogen-bond acceptors (Lipinski definition) is 7. The molecule has 2 aromatic carbocycles. The molecule has 252 valence electrons. The smallest absolute Gasteiger partial charge is 0.408 e. The topological polar surface area (TPSA) is 152 Å². The maximum Gasteiger partial charge on any atom is 0.408 e. The fourth-order valence-electron chi connectivity index (χ4n) is 4.43. The van der Waals surface area contributed by atoms with Gasteiger partial charge in [0.15, 0.2) is 0 Å². The summed E-state index contributed by atoms with van der Waals surface area (Å²) in [7, 11) is 0. The second-order valence-electron chi connectivity index (χ2n) is 13.6. The molecule has 0 saturated carbocycles. The Balaban J connectivity index is 2.30. The summed E-state index contributed by atoms with van der Waals surface area (Å²) in [6.45, 7) is 13.8. The highest BCUT2D eigenvalue weighted by molar-refractivity contribution is 5.94. The Kier molecular flexibility index (Phi) is 14.2. The zero-order chi connectivity index (χ0) is 34.5. The van der Waals surface area contributed by atoms with E-state index in [1.54, 1.807) is 41.5 Å². The lowest BCUT2D eigenvalue weighted by atomic mass is 10.0. The molecule has 4 N–H and O–H groups in total. The number of carbonyl (C=O) groups excluding carboxylic acids is 5. The lowest BCUT2D eigenvalue weighted by Gasteiger charge is -2.28. The molecule has 0 fully saturated rings. The van der Waals surface area contributed by atoms with E-state index in [1.165, 1.54) is 0 Å². The summed E-state index contributed by atoms with van der Waals surface area (Å²) in [5.41, 5.74) is 0.0536. The maximum atomic E-state index is 13.8. The first-order valence-electron chi connectivity index (χ1n) is 15.6. The lowest BCUT2D eigenvalue weighted by Crippen LogP contribution is -2.58. The summed E-state index contributed by atoms with van der Waals surface area (Å²) in [6.07, 6.45) is -0.178. The van der Waals surface area contributed by atoms with E-state index in [-0.39, 0.29) is 18.8 Å². The van der Waals surface area contributed by atoms with E-state index < -0.39 is 65.7 Å². The Bertz CT molecular complexity index is 1300. The summed E-state index contributed by atoms with van der Waals surface area (Å²) >= 11 is 0. The van der Waals surface area contributed by atoms with Crippen LogP contribution in [-0.2, 0) is 41.5 Å². The first-order valence-corrected chi connectivity index (χ1v) is 15.6. The largest absolute Gasteiger partial charge is 0.458 e. The molecule has 46 heavy (non-hydrogen) atoms. The van der Waals surface area contributed by atoms with Gasteiger partial charge in [0.25, 0.3) is 0 Å². The number of esters is 1. The Morgan fingerprint density at radius 3 is 1.50 bits per heavy atom. The quantitative estimate of drug-likeness (QED) is 0.230. The predicted molar refractivity (Wildman–Crippen MR) is 176 cm³/mol. The van der Waals surface area contributed by atoms with Gasteiger partial charge in [0.05, 0.1) is 0 Å². The van der Waals surface area contributed by atoms with Crippen LogP contribution < -0.4 is 21.3 Å². The van der Waals surface area contributed by atoms with Gasteiger partial charge < -0.3 is 30.7 Å². The number of hydrogen-bond donors (Lipinski definition) is 4. The molecule has 4 amide bonds. The monoisotopic (exact) mass is 638 g/mol. The van der Waals surface area contributed by atoms with Crippen molar-refractivity contribution in [1.82, 2.24) is 21.3 Å². The molecule has 2 rings (SSSR count). The number of benzene rings is 2. The van der Waals surface area contributed by atoms with Crippen molar-refractivity contribution in [2.24, 2.45) is 5.92 Å². The van der Waals surface area contributed by atoms with E-state index in [4.69, 9.17) is 9.47 Å². The highest BCUT2D eigenvalue weighted by Gasteiger charge is 2.32. The molecule has 0 aliphatic rings. The van der Waals surface area contributed by atoms with E-state index in [2.05, 4.69) is 21.3 Å². The van der Waals surface area contributed by atoms with Crippen LogP contribution in [0, 0.1) is 5.92 Å². The highest BCUT2D eigenvalue weighted by Crippen LogP contribution is 2.14. The first kappa shape index (κ1) is 37.8. The second kappa shape index (κ2) is 17.3. The minimum Gasteiger partial charge on any atom is -0.458 e. The first-order chi connectivity index (χ1) is 21.4. The van der Waals surface area contributed by atoms with Crippen molar-refractivity contribution in [2.75, 3.05) is 6.54 Å². The molecule has 11 heteroatoms. The zero-order valence-corrected chi connectivity index (χ0v) is 28.3. The van der Waals surface area contributed by atoms with Crippen molar-refractivity contribution in [1.29, 1.82) is 0 Å². The number of alkyl carbamates (subject to hydrolysis) is 1. The Morgan fingerprint density at radius 2 is 1.07 bits per heavy atom. The summed E-state index contributed by atoms with van der Waals surface area (Å²) in [5.74, 6) is -2.29. The third-order valence-electron chi connectivity index (χ3n) is 6.36. The summed E-state index contributed by atoms with van der Waals surface area (Å²) in [4.78, 5) is 65.5. The summed E-state index contributed by atoms with van der Waals surface area (Å²) in [5, 5.41) is 10.7. The van der Waals surface area contributed by atoms with Gasteiger partial charge in [0, 0.05) is 12.8 Å². The molecule has 3 atom stereocenters. The van der Waals surface area contributed by atoms with Gasteiger partial charge in [-0.3, -0.25) is 14.4 Å². The van der Waals surface area contributed by atoms with E-state index >= 15 is 0 Å². The van der Waals surface area contributed by atoms with Crippen molar-refractivity contribution in [3.05, 3.63) is 71.8 Å². The number of nitrogens with one attached hydrogen (secondary N) is 4. The molecule has 0 radical (unpaired) electrons. The molecule has 0 unspecified atom stereocenters. The van der Waals surface area contributed by atoms with E-state index in [0.717, 1.165) is 11.1 Å². The van der Waals surface area contributed by atoms with Crippen LogP contribution in [0.5, 0.6) is 0 Å². The zero-order valence-electron chi connectivity index (χ0n) is 28.3. The molecule has 0 spiro atoms. The summed E-state index contributed by atoms with van der Waals surface area (Å²) < 4.78 is 10.8. The lowest BCUT2D eigenvalue weighted by molar-refractivity contribution is -0.159. The number of ether oxygens (including phenoxy) is 2. The average molecular weight is 639 g/mol. The minimum absolute atomic E-state index is 0.0692. The van der Waals surface area contributed by atoms with Crippen LogP contribution in [0.15, 0.2) is 60.7 Å². The van der Waals surface area contributed by atoms with Gasteiger partial charge in [0.1, 0.15) is 35.9 Å². The SMILES string of the molecule is CC(C)C[C@H](NC(=O)[C@H](Cc1ccccc1)NC(=O)[C@H](Cc1ccccc1)NC(=O)CNC(=O)OC(C)(C)C)C(=O)OC(C)(C)C. The molecule has 0 aromatic heterocycles. The maximum absolute atomic E-state index is 13.8. The van der Waals surface area contributed by atoms with Crippen LogP contribution >= 0.6 is 0 Å². The fraction of sp³-hybridized carbons (Fsp3) is 0.514. The van der Waals surface area contributed by atoms with Crippen molar-refractivity contribution >= 4 is 29.8 Å². The van der Waals surface area contributed by atoms with Crippen LogP contribution in [0.3, 0.4) is 0 Å². The molecular formula is C35H50N4O7. The minimum atomic E-state index is -1.08. The standard InChI is InChI=1S/C35H50N4O7/c1-23(2)19-28(32(43)45-34(3,4)5)39-31(42)27(21-25-17-13-10-14-18-25)38-30(41)26(20-24-15-11-9-12-16-24)37-29(40)22-36-33(44)46-35(6,7)8/h9-18,23,26-28H,19-22H2,1-8H3,(H,36,44)(H,37,40)(H,38,41)(H,39,42)/t26-,27-,28-/m0/s1. The third kappa shape index (κ3) is 15.0. The molecule has 0 bridgehead atoms. The van der Waals surface area contributed by atoms with Gasteiger partial charge in [-0.25, -0.2) is 9.59 Å². The van der Waals surface area contributed by atoms with Gasteiger partial charge in [-0.05, 0) is 65.0 Å². The molecule has 11 nitrogen and oxygen atoms in total. The number of carbonyl (C=O) groups is 5. The number of amides is 4. The van der Waals surface area contributed by atoms with Crippen molar-refractivity contribution in [3.63, 3.8) is 0 Å². The van der Waals surface area contributed by atoms with Gasteiger partial charge in [-0.2, -0.15) is 0 Å². The molecule has 0 aliphatic carbocycles. The molecular weight excluding hydrogens is 588 g/mol. The van der Waals surface area contributed by atoms with Crippen LogP contribution in [-0.4, -0.2) is 65.7 Å². The van der Waals surface area contributed by atoms with E-state index in [1.807, 2.05) is 74.5 Å². The van der Waals surface area contributed by atoms with Crippen molar-refractivity contribution in [3.8, 4) is 0 Å². The van der Waals surface area contributed by atoms with Crippen LogP contribution in [0.1, 0.15) is 72.9 Å². The number of rotatable bonds is 14. The molecule has 0 heterocycles. The molecule has 0 saturated heterocycles. The van der Waals surface area contributed by atoms with Crippen LogP contribution in [0.25, 0.3) is 0 Å². The Hall–Kier alpha value is -4.41. The van der Waals surface area contributed by atoms with Crippen molar-refractivity contribution in [2.45, 2.75) is 104 Å². The van der Waals surface area contributed by atoms with Crippen LogP contribution in [0.2, 0.25) is 0 Å². The highest BCUT2D eigenvalue weighted by atomic mass is 16.6. The second-order valence-corrected chi connectivity index (χ2v) is 13.6. The van der Waals surface area contributed by atoms with Gasteiger partial charge in [-0.15, -0.1) is 0 Å². The van der Waals surface area contributed by atoms with Crippen LogP contribution in [0.4, 0.5) is 4.79 Å². The fourth-order valence-corrected chi connectivity index (χ4v) is 4.43. The Labute approximate surface area is 272 Å². The van der Waals surface area contributed by atoms with Gasteiger partial charge in [-0.1, -0.05) is 74.5 Å². The van der Waals surface area contributed by atoms with Gasteiger partial charge >= 0.3 is 12.1 Å². The van der Waals surface area contributed by atoms with Gasteiger partial charge in [0.2, 0.25) is 17.7 Å². The molecule has 0 aliphatic heterocycles. The normalized spacial score (nSPS) is 13.5. The van der Waals surface area contributed by atoms with E-state index in [9.17, 15) is 24.0 Å².